The van der Waals surface area contributed by atoms with Gasteiger partial charge in [0.1, 0.15) is 5.76 Å². The Bertz CT molecular complexity index is 644. The molecule has 0 bridgehead atoms. The number of rotatable bonds is 5. The van der Waals surface area contributed by atoms with E-state index in [1.165, 1.54) is 24.4 Å². The summed E-state index contributed by atoms with van der Waals surface area (Å²) in [6, 6.07) is 3.94. The van der Waals surface area contributed by atoms with Gasteiger partial charge in [-0.3, -0.25) is 5.10 Å². The van der Waals surface area contributed by atoms with Gasteiger partial charge in [0, 0.05) is 0 Å². The van der Waals surface area contributed by atoms with Crippen LogP contribution in [0.15, 0.2) is 33.8 Å². The van der Waals surface area contributed by atoms with E-state index >= 15 is 0 Å². The van der Waals surface area contributed by atoms with Crippen LogP contribution >= 0.6 is 0 Å². The number of furan rings is 1. The number of sulfonamides is 1. The Morgan fingerprint density at radius 2 is 2.22 bits per heavy atom. The maximum atomic E-state index is 11.7. The summed E-state index contributed by atoms with van der Waals surface area (Å²) in [4.78, 5) is 10.6. The summed E-state index contributed by atoms with van der Waals surface area (Å²) in [6.07, 6.45) is 1.31. The molecule has 18 heavy (non-hydrogen) atoms. The molecule has 0 atom stereocenters. The van der Waals surface area contributed by atoms with Crippen molar-refractivity contribution in [1.82, 2.24) is 14.9 Å². The number of carboxylic acids is 1. The van der Waals surface area contributed by atoms with E-state index in [9.17, 15) is 13.2 Å². The highest BCUT2D eigenvalue weighted by molar-refractivity contribution is 7.89. The van der Waals surface area contributed by atoms with Crippen LogP contribution in [0.3, 0.4) is 0 Å². The summed E-state index contributed by atoms with van der Waals surface area (Å²) in [5.74, 6) is -1.25. The molecular weight excluding hydrogens is 262 g/mol. The average Bonchev–Trinajstić information content (AvgIpc) is 2.98. The molecule has 2 aromatic rings. The summed E-state index contributed by atoms with van der Waals surface area (Å²) in [5.41, 5.74) is 0. The highest BCUT2D eigenvalue weighted by Crippen LogP contribution is 2.09. The molecule has 0 radical (unpaired) electrons. The third-order valence-electron chi connectivity index (χ3n) is 2.07. The summed E-state index contributed by atoms with van der Waals surface area (Å²) >= 11 is 0. The molecule has 0 aliphatic heterocycles. The lowest BCUT2D eigenvalue weighted by atomic mass is 10.4. The minimum Gasteiger partial charge on any atom is -0.475 e. The van der Waals surface area contributed by atoms with Crippen molar-refractivity contribution < 1.29 is 22.7 Å². The number of nitrogens with one attached hydrogen (secondary N) is 2. The highest BCUT2D eigenvalue weighted by Gasteiger charge is 2.16. The van der Waals surface area contributed by atoms with Crippen molar-refractivity contribution in [1.29, 1.82) is 0 Å². The van der Waals surface area contributed by atoms with Crippen LogP contribution in [-0.2, 0) is 16.6 Å². The third-order valence-corrected chi connectivity index (χ3v) is 3.40. The Morgan fingerprint density at radius 3 is 2.78 bits per heavy atom. The number of carbonyl (C=O) groups is 1. The Labute approximate surface area is 102 Å². The fraction of sp³-hybridized carbons (Fsp3) is 0.111. The van der Waals surface area contributed by atoms with Gasteiger partial charge < -0.3 is 9.52 Å². The molecule has 3 N–H and O–H groups in total. The van der Waals surface area contributed by atoms with Crippen LogP contribution in [0, 0.1) is 0 Å². The molecule has 0 unspecified atom stereocenters. The topological polar surface area (TPSA) is 125 Å². The van der Waals surface area contributed by atoms with Gasteiger partial charge in [-0.05, 0) is 18.2 Å². The zero-order valence-electron chi connectivity index (χ0n) is 8.95. The van der Waals surface area contributed by atoms with E-state index in [2.05, 4.69) is 14.9 Å². The number of hydrogen-bond donors (Lipinski definition) is 3. The van der Waals surface area contributed by atoms with Gasteiger partial charge in [-0.1, -0.05) is 0 Å². The van der Waals surface area contributed by atoms with Crippen molar-refractivity contribution in [3.05, 3.63) is 35.9 Å². The van der Waals surface area contributed by atoms with Crippen LogP contribution < -0.4 is 4.72 Å². The van der Waals surface area contributed by atoms with Gasteiger partial charge in [0.15, 0.2) is 5.03 Å². The van der Waals surface area contributed by atoms with E-state index in [4.69, 9.17) is 9.52 Å². The van der Waals surface area contributed by atoms with Crippen molar-refractivity contribution in [3.8, 4) is 0 Å². The van der Waals surface area contributed by atoms with Crippen molar-refractivity contribution in [2.75, 3.05) is 0 Å². The Balaban J connectivity index is 2.05. The number of hydrogen-bond acceptors (Lipinski definition) is 5. The van der Waals surface area contributed by atoms with Crippen molar-refractivity contribution in [2.45, 2.75) is 11.6 Å². The highest BCUT2D eigenvalue weighted by atomic mass is 32.2. The Kier molecular flexibility index (Phi) is 3.17. The normalized spacial score (nSPS) is 11.6. The van der Waals surface area contributed by atoms with E-state index in [1.807, 2.05) is 0 Å². The van der Waals surface area contributed by atoms with E-state index in [1.54, 1.807) is 0 Å². The van der Waals surface area contributed by atoms with Crippen LogP contribution in [0.25, 0.3) is 0 Å². The van der Waals surface area contributed by atoms with Crippen LogP contribution in [0.5, 0.6) is 0 Å². The van der Waals surface area contributed by atoms with Gasteiger partial charge in [0.2, 0.25) is 5.76 Å². The maximum Gasteiger partial charge on any atom is 0.371 e. The molecule has 2 rings (SSSR count). The zero-order valence-corrected chi connectivity index (χ0v) is 9.77. The van der Waals surface area contributed by atoms with Crippen molar-refractivity contribution in [3.63, 3.8) is 0 Å². The molecule has 0 fully saturated rings. The molecular formula is C9H9N3O5S. The summed E-state index contributed by atoms with van der Waals surface area (Å²) in [7, 11) is -3.70. The zero-order chi connectivity index (χ0) is 13.2. The summed E-state index contributed by atoms with van der Waals surface area (Å²) in [5, 5.41) is 14.4. The van der Waals surface area contributed by atoms with E-state index < -0.39 is 16.0 Å². The number of nitrogens with zero attached hydrogens (tertiary/aromatic N) is 1. The van der Waals surface area contributed by atoms with Gasteiger partial charge >= 0.3 is 5.97 Å². The number of aromatic amines is 1. The minimum atomic E-state index is -3.70. The number of carboxylic acid groups (broad SMARTS) is 1. The molecule has 2 aromatic heterocycles. The lowest BCUT2D eigenvalue weighted by Crippen LogP contribution is -2.23. The molecule has 8 nitrogen and oxygen atoms in total. The third kappa shape index (κ3) is 2.57. The van der Waals surface area contributed by atoms with Crippen LogP contribution in [0.2, 0.25) is 0 Å². The van der Waals surface area contributed by atoms with Crippen LogP contribution in [0.1, 0.15) is 16.3 Å². The summed E-state index contributed by atoms with van der Waals surface area (Å²) < 4.78 is 30.5. The van der Waals surface area contributed by atoms with Crippen LogP contribution in [0.4, 0.5) is 0 Å². The lowest BCUT2D eigenvalue weighted by Gasteiger charge is -2.01. The van der Waals surface area contributed by atoms with Crippen LogP contribution in [-0.4, -0.2) is 29.7 Å². The Hall–Kier alpha value is -2.13. The van der Waals surface area contributed by atoms with E-state index in [0.29, 0.717) is 0 Å². The number of aromatic nitrogens is 2. The number of aromatic carboxylic acids is 1. The minimum absolute atomic E-state index is 0.0764. The second-order valence-corrected chi connectivity index (χ2v) is 5.05. The van der Waals surface area contributed by atoms with Gasteiger partial charge in [-0.2, -0.15) is 5.10 Å². The van der Waals surface area contributed by atoms with Crippen molar-refractivity contribution in [2.24, 2.45) is 0 Å². The van der Waals surface area contributed by atoms with Gasteiger partial charge in [0.05, 0.1) is 12.7 Å². The fourth-order valence-corrected chi connectivity index (χ4v) is 2.13. The first kappa shape index (κ1) is 12.3. The Morgan fingerprint density at radius 1 is 1.44 bits per heavy atom. The molecule has 0 aromatic carbocycles. The molecule has 0 spiro atoms. The molecule has 0 aliphatic rings. The smallest absolute Gasteiger partial charge is 0.371 e. The monoisotopic (exact) mass is 271 g/mol. The first-order chi connectivity index (χ1) is 8.49. The number of H-pyrrole nitrogens is 1. The lowest BCUT2D eigenvalue weighted by molar-refractivity contribution is 0.0660. The van der Waals surface area contributed by atoms with E-state index in [0.717, 1.165) is 0 Å². The molecule has 0 aliphatic carbocycles. The predicted octanol–water partition coefficient (Wildman–Crippen LogP) is 0.179. The molecule has 0 saturated carbocycles. The molecule has 2 heterocycles. The SMILES string of the molecule is O=C(O)c1ccc(CNS(=O)(=O)c2ccn[nH]2)o1. The molecule has 0 saturated heterocycles. The molecule has 0 amide bonds. The first-order valence-electron chi connectivity index (χ1n) is 4.80. The first-order valence-corrected chi connectivity index (χ1v) is 6.28. The molecule has 96 valence electrons. The molecule has 9 heteroatoms. The quantitative estimate of drug-likeness (QED) is 0.712. The average molecular weight is 271 g/mol. The van der Waals surface area contributed by atoms with Gasteiger partial charge in [-0.25, -0.2) is 17.9 Å². The van der Waals surface area contributed by atoms with Gasteiger partial charge in [-0.15, -0.1) is 0 Å². The van der Waals surface area contributed by atoms with Gasteiger partial charge in [0.25, 0.3) is 10.0 Å². The van der Waals surface area contributed by atoms with Crippen molar-refractivity contribution >= 4 is 16.0 Å². The summed E-state index contributed by atoms with van der Waals surface area (Å²) in [6.45, 7) is -0.144. The fourth-order valence-electron chi connectivity index (χ4n) is 1.22. The standard InChI is InChI=1S/C9H9N3O5S/c13-9(14)7-2-1-6(17-7)5-11-18(15,16)8-3-4-10-12-8/h1-4,11H,5H2,(H,10,12)(H,13,14). The van der Waals surface area contributed by atoms with E-state index in [-0.39, 0.29) is 23.1 Å². The largest absolute Gasteiger partial charge is 0.475 e. The maximum absolute atomic E-state index is 11.7. The second kappa shape index (κ2) is 4.63. The predicted molar refractivity (Wildman–Crippen MR) is 58.3 cm³/mol. The second-order valence-electron chi connectivity index (χ2n) is 3.32.